The van der Waals surface area contributed by atoms with Gasteiger partial charge in [0.05, 0.1) is 6.33 Å². The minimum atomic E-state index is -0.479. The molecule has 0 atom stereocenters. The van der Waals surface area contributed by atoms with Crippen molar-refractivity contribution in [3.05, 3.63) is 57.2 Å². The van der Waals surface area contributed by atoms with Gasteiger partial charge in [0.1, 0.15) is 12.4 Å². The van der Waals surface area contributed by atoms with Crippen molar-refractivity contribution in [2.45, 2.75) is 6.54 Å². The van der Waals surface area contributed by atoms with Crippen molar-refractivity contribution >= 4 is 22.8 Å². The zero-order valence-electron chi connectivity index (χ0n) is 18.1. The first-order valence-electron chi connectivity index (χ1n) is 10.5. The first kappa shape index (κ1) is 21.8. The molecule has 4 rings (SSSR count). The van der Waals surface area contributed by atoms with E-state index in [1.807, 2.05) is 0 Å². The predicted molar refractivity (Wildman–Crippen MR) is 118 cm³/mol. The largest absolute Gasteiger partial charge is 0.369 e. The molecule has 1 N–H and O–H groups in total. The molecular weight excluding hydrogens is 417 g/mol. The fourth-order valence-corrected chi connectivity index (χ4v) is 3.96. The number of benzene rings is 1. The average molecular weight is 443 g/mol. The highest BCUT2D eigenvalue weighted by molar-refractivity contribution is 5.78. The Morgan fingerprint density at radius 1 is 1.06 bits per heavy atom. The number of anilines is 1. The van der Waals surface area contributed by atoms with Gasteiger partial charge in [-0.05, 0) is 24.3 Å². The third kappa shape index (κ3) is 4.28. The summed E-state index contributed by atoms with van der Waals surface area (Å²) in [5, 5.41) is 2.88. The third-order valence-corrected chi connectivity index (χ3v) is 5.85. The minimum Gasteiger partial charge on any atom is -0.369 e. The number of amides is 1. The second kappa shape index (κ2) is 8.95. The first-order chi connectivity index (χ1) is 15.3. The number of fused-ring (bicyclic) bond motifs is 1. The van der Waals surface area contributed by atoms with Gasteiger partial charge >= 0.3 is 5.69 Å². The van der Waals surface area contributed by atoms with Crippen LogP contribution in [0.4, 0.5) is 10.1 Å². The lowest BCUT2D eigenvalue weighted by Crippen LogP contribution is -2.48. The molecule has 11 heteroatoms. The maximum absolute atomic E-state index is 13.1. The number of nitrogens with one attached hydrogen (secondary N) is 1. The number of carbonyl (C=O) groups excluding carboxylic acids is 1. The molecule has 32 heavy (non-hydrogen) atoms. The number of aryl methyl sites for hydroxylation is 1. The van der Waals surface area contributed by atoms with Crippen molar-refractivity contribution in [2.24, 2.45) is 14.1 Å². The molecule has 0 bridgehead atoms. The SMILES string of the molecule is Cn1c(=O)c2c(ncn2CC(=O)NCCN2CCN(c3ccc(F)cc3)CC2)n(C)c1=O. The predicted octanol–water partition coefficient (Wildman–Crippen LogP) is -0.489. The van der Waals surface area contributed by atoms with E-state index in [9.17, 15) is 18.8 Å². The Balaban J connectivity index is 1.28. The van der Waals surface area contributed by atoms with E-state index in [-0.39, 0.29) is 29.4 Å². The van der Waals surface area contributed by atoms with Crippen molar-refractivity contribution in [1.29, 1.82) is 0 Å². The highest BCUT2D eigenvalue weighted by Crippen LogP contribution is 2.16. The van der Waals surface area contributed by atoms with Crippen LogP contribution >= 0.6 is 0 Å². The van der Waals surface area contributed by atoms with Gasteiger partial charge < -0.3 is 14.8 Å². The van der Waals surface area contributed by atoms with Gasteiger partial charge in [0, 0.05) is 59.1 Å². The molecule has 0 unspecified atom stereocenters. The lowest BCUT2D eigenvalue weighted by molar-refractivity contribution is -0.121. The van der Waals surface area contributed by atoms with Crippen molar-refractivity contribution in [1.82, 2.24) is 28.9 Å². The van der Waals surface area contributed by atoms with E-state index in [1.54, 1.807) is 12.1 Å². The molecule has 170 valence electrons. The highest BCUT2D eigenvalue weighted by atomic mass is 19.1. The summed E-state index contributed by atoms with van der Waals surface area (Å²) in [6, 6.07) is 6.51. The van der Waals surface area contributed by atoms with Crippen LogP contribution in [0.3, 0.4) is 0 Å². The molecule has 0 radical (unpaired) electrons. The van der Waals surface area contributed by atoms with Crippen LogP contribution in [-0.4, -0.2) is 68.8 Å². The van der Waals surface area contributed by atoms with Crippen LogP contribution in [0.25, 0.3) is 11.2 Å². The van der Waals surface area contributed by atoms with Crippen LogP contribution < -0.4 is 21.5 Å². The summed E-state index contributed by atoms with van der Waals surface area (Å²) in [6.45, 7) is 4.52. The molecule has 1 fully saturated rings. The number of nitrogens with zero attached hydrogens (tertiary/aromatic N) is 6. The Labute approximate surface area is 183 Å². The minimum absolute atomic E-state index is 0.0533. The van der Waals surface area contributed by atoms with Gasteiger partial charge in [0.25, 0.3) is 5.56 Å². The molecule has 0 saturated carbocycles. The number of imidazole rings is 1. The lowest BCUT2D eigenvalue weighted by atomic mass is 10.2. The van der Waals surface area contributed by atoms with E-state index in [0.717, 1.165) is 36.4 Å². The van der Waals surface area contributed by atoms with Crippen LogP contribution in [0.2, 0.25) is 0 Å². The maximum atomic E-state index is 13.1. The number of hydrogen-bond acceptors (Lipinski definition) is 6. The van der Waals surface area contributed by atoms with Crippen molar-refractivity contribution < 1.29 is 9.18 Å². The second-order valence-electron chi connectivity index (χ2n) is 7.91. The van der Waals surface area contributed by atoms with Gasteiger partial charge in [0.2, 0.25) is 5.91 Å². The Bertz CT molecular complexity index is 1240. The topological polar surface area (TPSA) is 97.4 Å². The van der Waals surface area contributed by atoms with Crippen LogP contribution in [0.15, 0.2) is 40.2 Å². The number of rotatable bonds is 6. The quantitative estimate of drug-likeness (QED) is 0.552. The van der Waals surface area contributed by atoms with Gasteiger partial charge in [-0.1, -0.05) is 0 Å². The van der Waals surface area contributed by atoms with Crippen molar-refractivity contribution in [3.8, 4) is 0 Å². The summed E-state index contributed by atoms with van der Waals surface area (Å²) in [4.78, 5) is 45.5. The molecule has 1 aliphatic rings. The van der Waals surface area contributed by atoms with Gasteiger partial charge in [-0.3, -0.25) is 23.6 Å². The Hall–Kier alpha value is -3.47. The summed E-state index contributed by atoms with van der Waals surface area (Å²) < 4.78 is 16.8. The number of aromatic nitrogens is 4. The van der Waals surface area contributed by atoms with E-state index >= 15 is 0 Å². The molecule has 2 aromatic heterocycles. The van der Waals surface area contributed by atoms with Crippen molar-refractivity contribution in [3.63, 3.8) is 0 Å². The van der Waals surface area contributed by atoms with Crippen molar-refractivity contribution in [2.75, 3.05) is 44.2 Å². The van der Waals surface area contributed by atoms with E-state index in [0.29, 0.717) is 13.1 Å². The maximum Gasteiger partial charge on any atom is 0.332 e. The van der Waals surface area contributed by atoms with Gasteiger partial charge in [-0.2, -0.15) is 0 Å². The Morgan fingerprint density at radius 2 is 1.75 bits per heavy atom. The Kier molecular flexibility index (Phi) is 6.08. The number of halogens is 1. The average Bonchev–Trinajstić information content (AvgIpc) is 3.21. The standard InChI is InChI=1S/C21H26FN7O3/c1-25-19-18(20(31)26(2)21(25)32)29(14-24-19)13-17(30)23-7-8-27-9-11-28(12-10-27)16-5-3-15(22)4-6-16/h3-6,14H,7-13H2,1-2H3,(H,23,30). The lowest BCUT2D eigenvalue weighted by Gasteiger charge is -2.36. The van der Waals surface area contributed by atoms with Gasteiger partial charge in [-0.25, -0.2) is 14.2 Å². The molecule has 1 saturated heterocycles. The molecule has 0 aliphatic carbocycles. The summed E-state index contributed by atoms with van der Waals surface area (Å²) in [7, 11) is 2.94. The van der Waals surface area contributed by atoms with Crippen LogP contribution in [-0.2, 0) is 25.4 Å². The molecule has 3 aromatic rings. The van der Waals surface area contributed by atoms with E-state index in [2.05, 4.69) is 20.1 Å². The van der Waals surface area contributed by atoms with Gasteiger partial charge in [-0.15, -0.1) is 0 Å². The normalized spacial score (nSPS) is 14.8. The fraction of sp³-hybridized carbons (Fsp3) is 0.429. The zero-order chi connectivity index (χ0) is 22.8. The molecule has 3 heterocycles. The molecular formula is C21H26FN7O3. The molecule has 1 aromatic carbocycles. The van der Waals surface area contributed by atoms with E-state index in [1.165, 1.54) is 41.7 Å². The smallest absolute Gasteiger partial charge is 0.332 e. The Morgan fingerprint density at radius 3 is 2.44 bits per heavy atom. The highest BCUT2D eigenvalue weighted by Gasteiger charge is 2.18. The summed E-state index contributed by atoms with van der Waals surface area (Å²) in [6.07, 6.45) is 1.40. The summed E-state index contributed by atoms with van der Waals surface area (Å²) in [5.41, 5.74) is 0.547. The summed E-state index contributed by atoms with van der Waals surface area (Å²) in [5.74, 6) is -0.471. The van der Waals surface area contributed by atoms with Crippen LogP contribution in [0.1, 0.15) is 0 Å². The summed E-state index contributed by atoms with van der Waals surface area (Å²) >= 11 is 0. The number of hydrogen-bond donors (Lipinski definition) is 1. The molecule has 1 aliphatic heterocycles. The van der Waals surface area contributed by atoms with Crippen LogP contribution in [0.5, 0.6) is 0 Å². The van der Waals surface area contributed by atoms with E-state index < -0.39 is 11.2 Å². The fourth-order valence-electron chi connectivity index (χ4n) is 3.96. The van der Waals surface area contributed by atoms with E-state index in [4.69, 9.17) is 0 Å². The van der Waals surface area contributed by atoms with Crippen LogP contribution in [0, 0.1) is 5.82 Å². The molecule has 1 amide bonds. The third-order valence-electron chi connectivity index (χ3n) is 5.85. The monoisotopic (exact) mass is 443 g/mol. The van der Waals surface area contributed by atoms with Gasteiger partial charge in [0.15, 0.2) is 11.2 Å². The molecule has 10 nitrogen and oxygen atoms in total. The number of carbonyl (C=O) groups is 1. The second-order valence-corrected chi connectivity index (χ2v) is 7.91. The molecule has 0 spiro atoms. The number of piperazine rings is 1. The zero-order valence-corrected chi connectivity index (χ0v) is 18.1. The first-order valence-corrected chi connectivity index (χ1v) is 10.5.